The van der Waals surface area contributed by atoms with Gasteiger partial charge < -0.3 is 19.0 Å². The third kappa shape index (κ3) is 4.06. The van der Waals surface area contributed by atoms with E-state index in [1.165, 1.54) is 19.3 Å². The van der Waals surface area contributed by atoms with Crippen molar-refractivity contribution in [1.82, 2.24) is 0 Å². The Morgan fingerprint density at radius 1 is 1.09 bits per heavy atom. The lowest BCUT2D eigenvalue weighted by atomic mass is 9.45. The highest BCUT2D eigenvalue weighted by molar-refractivity contribution is 6.49. The second-order valence-electron chi connectivity index (χ2n) is 12.5. The summed E-state index contributed by atoms with van der Waals surface area (Å²) in [7, 11) is 0.696. The van der Waals surface area contributed by atoms with Gasteiger partial charge in [0.25, 0.3) is 9.04 Å². The molecule has 1 N–H and O–H groups in total. The predicted octanol–water partition coefficient (Wildman–Crippen LogP) is 5.73. The molecule has 6 rings (SSSR count). The number of rotatable bonds is 9. The van der Waals surface area contributed by atoms with Crippen molar-refractivity contribution in [2.45, 2.75) is 102 Å². The van der Waals surface area contributed by atoms with Crippen LogP contribution in [0.2, 0.25) is 13.1 Å². The summed E-state index contributed by atoms with van der Waals surface area (Å²) >= 11 is 0. The zero-order chi connectivity index (χ0) is 25.0. The van der Waals surface area contributed by atoms with Gasteiger partial charge >= 0.3 is 0 Å². The minimum atomic E-state index is -1.04. The van der Waals surface area contributed by atoms with E-state index in [2.05, 4.69) is 46.0 Å². The smallest absolute Gasteiger partial charge is 0.274 e. The van der Waals surface area contributed by atoms with E-state index < -0.39 is 14.6 Å². The van der Waals surface area contributed by atoms with Crippen molar-refractivity contribution in [2.24, 2.45) is 17.8 Å². The van der Waals surface area contributed by atoms with Crippen LogP contribution in [0, 0.1) is 17.8 Å². The van der Waals surface area contributed by atoms with E-state index in [1.54, 1.807) is 7.11 Å². The molecule has 1 aromatic rings. The molecule has 4 aliphatic carbocycles. The molecule has 1 aromatic carbocycles. The van der Waals surface area contributed by atoms with Crippen molar-refractivity contribution < 1.29 is 28.8 Å². The fraction of sp³-hybridized carbons (Fsp3) is 0.786. The molecule has 35 heavy (non-hydrogen) atoms. The number of benzene rings is 1. The third-order valence-electron chi connectivity index (χ3n) is 8.77. The molecule has 5 aliphatic rings. The summed E-state index contributed by atoms with van der Waals surface area (Å²) < 4.78 is 19.3. The van der Waals surface area contributed by atoms with Crippen LogP contribution in [-0.2, 0) is 19.9 Å². The summed E-state index contributed by atoms with van der Waals surface area (Å²) in [5, 5.41) is 9.29. The molecule has 195 valence electrons. The van der Waals surface area contributed by atoms with Gasteiger partial charge in [0.2, 0.25) is 0 Å². The maximum Gasteiger partial charge on any atom is 0.274 e. The zero-order valence-electron chi connectivity index (χ0n) is 22.3. The minimum absolute atomic E-state index is 0.158. The van der Waals surface area contributed by atoms with Crippen LogP contribution in [0.5, 0.6) is 11.5 Å². The van der Waals surface area contributed by atoms with Crippen LogP contribution in [0.25, 0.3) is 0 Å². The SMILES string of the molecule is COc1ccc(C2OOC23C2CC4CC(C2)CC3(OCCCCO)C4)c(O[Si](C)C)c1C(C)(C)C. The number of methoxy groups -OCH3 is 1. The van der Waals surface area contributed by atoms with Crippen LogP contribution in [0.1, 0.15) is 82.9 Å². The van der Waals surface area contributed by atoms with E-state index >= 15 is 0 Å². The number of hydrogen-bond acceptors (Lipinski definition) is 6. The van der Waals surface area contributed by atoms with Crippen molar-refractivity contribution in [3.63, 3.8) is 0 Å². The molecule has 1 saturated heterocycles. The van der Waals surface area contributed by atoms with Crippen molar-refractivity contribution in [3.8, 4) is 11.5 Å². The number of ether oxygens (including phenoxy) is 2. The predicted molar refractivity (Wildman–Crippen MR) is 136 cm³/mol. The first-order valence-corrected chi connectivity index (χ1v) is 15.8. The van der Waals surface area contributed by atoms with Crippen LogP contribution in [0.15, 0.2) is 12.1 Å². The van der Waals surface area contributed by atoms with E-state index in [9.17, 15) is 5.11 Å². The molecular formula is C28H43O6Si. The third-order valence-corrected chi connectivity index (χ3v) is 9.38. The van der Waals surface area contributed by atoms with Gasteiger partial charge in [0, 0.05) is 24.3 Å². The van der Waals surface area contributed by atoms with Crippen LogP contribution < -0.4 is 9.16 Å². The summed E-state index contributed by atoms with van der Waals surface area (Å²) in [6.07, 6.45) is 7.17. The average molecular weight is 504 g/mol. The Hall–Kier alpha value is -1.12. The second-order valence-corrected chi connectivity index (χ2v) is 14.5. The summed E-state index contributed by atoms with van der Waals surface area (Å²) in [6.45, 7) is 11.8. The number of hydrogen-bond donors (Lipinski definition) is 1. The van der Waals surface area contributed by atoms with Gasteiger partial charge in [-0.3, -0.25) is 0 Å². The highest BCUT2D eigenvalue weighted by Crippen LogP contribution is 2.70. The van der Waals surface area contributed by atoms with Gasteiger partial charge in [0.1, 0.15) is 17.1 Å². The van der Waals surface area contributed by atoms with E-state index in [4.69, 9.17) is 23.7 Å². The van der Waals surface area contributed by atoms with Gasteiger partial charge in [0.15, 0.2) is 11.7 Å². The molecule has 4 saturated carbocycles. The molecule has 7 heteroatoms. The lowest BCUT2D eigenvalue weighted by Crippen LogP contribution is -2.77. The molecule has 1 radical (unpaired) electrons. The average Bonchev–Trinajstić information content (AvgIpc) is 2.75. The molecule has 6 nitrogen and oxygen atoms in total. The number of unbranched alkanes of at least 4 members (excludes halogenated alkanes) is 1. The zero-order valence-corrected chi connectivity index (χ0v) is 23.3. The van der Waals surface area contributed by atoms with Gasteiger partial charge in [-0.2, -0.15) is 0 Å². The van der Waals surface area contributed by atoms with Crippen LogP contribution in [0.3, 0.4) is 0 Å². The van der Waals surface area contributed by atoms with Gasteiger partial charge in [0.05, 0.1) is 7.11 Å². The van der Waals surface area contributed by atoms with Crippen LogP contribution in [0.4, 0.5) is 0 Å². The summed E-state index contributed by atoms with van der Waals surface area (Å²) in [5.41, 5.74) is 1.17. The summed E-state index contributed by atoms with van der Waals surface area (Å²) in [4.78, 5) is 12.4. The number of aliphatic hydroxyl groups excluding tert-OH is 1. The van der Waals surface area contributed by atoms with E-state index in [1.807, 2.05) is 0 Å². The van der Waals surface area contributed by atoms with Crippen LogP contribution in [-0.4, -0.2) is 45.7 Å². The van der Waals surface area contributed by atoms with E-state index in [0.717, 1.165) is 48.3 Å². The minimum Gasteiger partial charge on any atom is -0.542 e. The monoisotopic (exact) mass is 503 g/mol. The molecule has 0 amide bonds. The van der Waals surface area contributed by atoms with Crippen molar-refractivity contribution >= 4 is 9.04 Å². The van der Waals surface area contributed by atoms with Gasteiger partial charge in [-0.1, -0.05) is 20.8 Å². The molecule has 4 unspecified atom stereocenters. The van der Waals surface area contributed by atoms with Gasteiger partial charge in [-0.05, 0) is 93.3 Å². The first-order valence-electron chi connectivity index (χ1n) is 13.4. The molecule has 1 heterocycles. The van der Waals surface area contributed by atoms with Crippen molar-refractivity contribution in [3.05, 3.63) is 23.3 Å². The second kappa shape index (κ2) is 9.32. The topological polar surface area (TPSA) is 66.4 Å². The maximum absolute atomic E-state index is 9.29. The highest BCUT2D eigenvalue weighted by Gasteiger charge is 2.76. The Morgan fingerprint density at radius 2 is 1.80 bits per heavy atom. The Kier molecular flexibility index (Phi) is 6.80. The summed E-state index contributed by atoms with van der Waals surface area (Å²) in [5.74, 6) is 3.60. The van der Waals surface area contributed by atoms with Crippen LogP contribution >= 0.6 is 0 Å². The largest absolute Gasteiger partial charge is 0.542 e. The Bertz CT molecular complexity index is 913. The molecular weight excluding hydrogens is 460 g/mol. The van der Waals surface area contributed by atoms with E-state index in [0.29, 0.717) is 24.4 Å². The quantitative estimate of drug-likeness (QED) is 0.264. The highest BCUT2D eigenvalue weighted by atomic mass is 28.3. The molecule has 5 fully saturated rings. The lowest BCUT2D eigenvalue weighted by molar-refractivity contribution is -0.571. The summed E-state index contributed by atoms with van der Waals surface area (Å²) in [6, 6.07) is 4.20. The first-order chi connectivity index (χ1) is 16.6. The lowest BCUT2D eigenvalue weighted by Gasteiger charge is -2.70. The molecule has 1 aliphatic heterocycles. The van der Waals surface area contributed by atoms with Crippen molar-refractivity contribution in [1.29, 1.82) is 0 Å². The molecule has 4 atom stereocenters. The fourth-order valence-corrected chi connectivity index (χ4v) is 8.36. The standard InChI is InChI=1S/C28H43O6Si/c1-26(2,3)23-22(30-4)10-9-21(24(23)33-35(5)6)25-28(34-32-25)20-14-18-13-19(15-20)17-27(28,16-18)31-12-8-7-11-29/h9-10,18-20,25,29H,7-8,11-17H2,1-6H3. The Balaban J connectivity index is 1.59. The first kappa shape index (κ1) is 25.5. The Morgan fingerprint density at radius 3 is 2.34 bits per heavy atom. The van der Waals surface area contributed by atoms with Crippen molar-refractivity contribution in [2.75, 3.05) is 20.3 Å². The maximum atomic E-state index is 9.29. The molecule has 1 spiro atoms. The Labute approximate surface area is 212 Å². The number of aliphatic hydroxyl groups is 1. The fourth-order valence-electron chi connectivity index (χ4n) is 7.73. The normalized spacial score (nSPS) is 35.5. The van der Waals surface area contributed by atoms with E-state index in [-0.39, 0.29) is 23.7 Å². The molecule has 0 aromatic heterocycles. The van der Waals surface area contributed by atoms with Gasteiger partial charge in [-0.15, -0.1) is 0 Å². The van der Waals surface area contributed by atoms with Gasteiger partial charge in [-0.25, -0.2) is 9.78 Å². The molecule has 4 bridgehead atoms.